The van der Waals surface area contributed by atoms with Crippen LogP contribution in [0.15, 0.2) is 0 Å². The Morgan fingerprint density at radius 1 is 1.64 bits per heavy atom. The Bertz CT molecular complexity index is 193. The van der Waals surface area contributed by atoms with Crippen molar-refractivity contribution in [2.45, 2.75) is 0 Å². The van der Waals surface area contributed by atoms with E-state index < -0.39 is 18.7 Å². The SMILES string of the molecule is CNN1CC(=O)N(CO)C1=O. The summed E-state index contributed by atoms with van der Waals surface area (Å²) in [6.45, 7) is -0.578. The van der Waals surface area contributed by atoms with Crippen LogP contribution in [0.3, 0.4) is 0 Å². The Morgan fingerprint density at radius 3 is 2.55 bits per heavy atom. The number of hydrogen-bond donors (Lipinski definition) is 2. The molecule has 1 aliphatic rings. The minimum Gasteiger partial charge on any atom is -0.376 e. The number of imide groups is 1. The van der Waals surface area contributed by atoms with Gasteiger partial charge in [0.05, 0.1) is 0 Å². The summed E-state index contributed by atoms with van der Waals surface area (Å²) >= 11 is 0. The van der Waals surface area contributed by atoms with Crippen LogP contribution in [0.4, 0.5) is 4.79 Å². The lowest BCUT2D eigenvalue weighted by Crippen LogP contribution is -2.39. The van der Waals surface area contributed by atoms with Crippen molar-refractivity contribution in [3.05, 3.63) is 0 Å². The number of hydrazine groups is 1. The van der Waals surface area contributed by atoms with E-state index in [1.54, 1.807) is 0 Å². The van der Waals surface area contributed by atoms with Crippen molar-refractivity contribution in [1.82, 2.24) is 15.3 Å². The molecule has 0 bridgehead atoms. The number of aliphatic hydroxyl groups is 1. The second-order valence-electron chi connectivity index (χ2n) is 2.06. The summed E-state index contributed by atoms with van der Waals surface area (Å²) in [6, 6.07) is -0.514. The van der Waals surface area contributed by atoms with Crippen LogP contribution >= 0.6 is 0 Å². The quantitative estimate of drug-likeness (QED) is 0.473. The van der Waals surface area contributed by atoms with Gasteiger partial charge >= 0.3 is 6.03 Å². The van der Waals surface area contributed by atoms with Crippen molar-refractivity contribution in [3.8, 4) is 0 Å². The highest BCUT2D eigenvalue weighted by Crippen LogP contribution is 2.04. The lowest BCUT2D eigenvalue weighted by Gasteiger charge is -2.12. The zero-order valence-electron chi connectivity index (χ0n) is 6.07. The van der Waals surface area contributed by atoms with E-state index in [0.717, 1.165) is 9.91 Å². The van der Waals surface area contributed by atoms with Crippen LogP contribution in [-0.2, 0) is 4.79 Å². The van der Waals surface area contributed by atoms with Crippen molar-refractivity contribution in [3.63, 3.8) is 0 Å². The zero-order valence-corrected chi connectivity index (χ0v) is 6.07. The fraction of sp³-hybridized carbons (Fsp3) is 0.600. The normalized spacial score (nSPS) is 18.4. The topological polar surface area (TPSA) is 72.9 Å². The Labute approximate surface area is 63.4 Å². The van der Waals surface area contributed by atoms with Crippen LogP contribution in [-0.4, -0.2) is 47.3 Å². The highest BCUT2D eigenvalue weighted by atomic mass is 16.3. The molecule has 0 aliphatic carbocycles. The van der Waals surface area contributed by atoms with Crippen LogP contribution < -0.4 is 5.43 Å². The maximum absolute atomic E-state index is 11.0. The van der Waals surface area contributed by atoms with Gasteiger partial charge in [0.15, 0.2) is 0 Å². The molecule has 6 nitrogen and oxygen atoms in total. The molecule has 1 heterocycles. The number of amides is 3. The van der Waals surface area contributed by atoms with Crippen molar-refractivity contribution in [1.29, 1.82) is 0 Å². The highest BCUT2D eigenvalue weighted by Gasteiger charge is 2.34. The predicted molar refractivity (Wildman–Crippen MR) is 35.1 cm³/mol. The Hall–Kier alpha value is -1.14. The number of nitrogens with zero attached hydrogens (tertiary/aromatic N) is 2. The lowest BCUT2D eigenvalue weighted by molar-refractivity contribution is -0.127. The second kappa shape index (κ2) is 2.85. The molecule has 11 heavy (non-hydrogen) atoms. The van der Waals surface area contributed by atoms with Crippen molar-refractivity contribution in [2.24, 2.45) is 0 Å². The number of rotatable bonds is 2. The molecule has 3 amide bonds. The van der Waals surface area contributed by atoms with E-state index in [1.165, 1.54) is 7.05 Å². The van der Waals surface area contributed by atoms with Crippen molar-refractivity contribution >= 4 is 11.9 Å². The highest BCUT2D eigenvalue weighted by molar-refractivity contribution is 6.01. The van der Waals surface area contributed by atoms with E-state index in [9.17, 15) is 9.59 Å². The van der Waals surface area contributed by atoms with Gasteiger partial charge < -0.3 is 5.11 Å². The number of hydrogen-bond acceptors (Lipinski definition) is 4. The third-order valence-corrected chi connectivity index (χ3v) is 1.47. The summed E-state index contributed by atoms with van der Waals surface area (Å²) in [5, 5.41) is 9.67. The second-order valence-corrected chi connectivity index (χ2v) is 2.06. The number of urea groups is 1. The minimum absolute atomic E-state index is 0.0180. The summed E-state index contributed by atoms with van der Waals surface area (Å²) in [5.74, 6) is -0.396. The van der Waals surface area contributed by atoms with Gasteiger partial charge in [-0.2, -0.15) is 0 Å². The molecule has 0 atom stereocenters. The Morgan fingerprint density at radius 2 is 2.27 bits per heavy atom. The molecule has 1 aliphatic heterocycles. The molecule has 0 unspecified atom stereocenters. The van der Waals surface area contributed by atoms with Gasteiger partial charge in [0, 0.05) is 7.05 Å². The van der Waals surface area contributed by atoms with Gasteiger partial charge in [0.1, 0.15) is 13.3 Å². The minimum atomic E-state index is -0.560. The molecule has 1 fully saturated rings. The lowest BCUT2D eigenvalue weighted by atomic mass is 10.6. The molecule has 2 N–H and O–H groups in total. The van der Waals surface area contributed by atoms with Gasteiger partial charge in [0.2, 0.25) is 0 Å². The largest absolute Gasteiger partial charge is 0.376 e. The average molecular weight is 159 g/mol. The van der Waals surface area contributed by atoms with Crippen LogP contribution in [0.25, 0.3) is 0 Å². The smallest absolute Gasteiger partial charge is 0.343 e. The van der Waals surface area contributed by atoms with Crippen LogP contribution in [0.5, 0.6) is 0 Å². The summed E-state index contributed by atoms with van der Waals surface area (Å²) < 4.78 is 0. The average Bonchev–Trinajstić information content (AvgIpc) is 2.26. The molecule has 1 rings (SSSR count). The standard InChI is InChI=1S/C5H9N3O3/c1-6-8-2-4(10)7(3-9)5(8)11/h6,9H,2-3H2,1H3. The third kappa shape index (κ3) is 1.17. The van der Waals surface area contributed by atoms with E-state index >= 15 is 0 Å². The molecular formula is C5H9N3O3. The van der Waals surface area contributed by atoms with E-state index in [4.69, 9.17) is 5.11 Å². The third-order valence-electron chi connectivity index (χ3n) is 1.47. The molecule has 0 aromatic carbocycles. The fourth-order valence-corrected chi connectivity index (χ4v) is 0.855. The van der Waals surface area contributed by atoms with Gasteiger partial charge in [-0.3, -0.25) is 4.79 Å². The Balaban J connectivity index is 2.71. The van der Waals surface area contributed by atoms with Gasteiger partial charge in [-0.05, 0) is 0 Å². The van der Waals surface area contributed by atoms with Gasteiger partial charge in [-0.1, -0.05) is 0 Å². The monoisotopic (exact) mass is 159 g/mol. The summed E-state index contributed by atoms with van der Waals surface area (Å²) in [4.78, 5) is 22.6. The van der Waals surface area contributed by atoms with E-state index in [2.05, 4.69) is 5.43 Å². The summed E-state index contributed by atoms with van der Waals surface area (Å²) in [7, 11) is 1.53. The predicted octanol–water partition coefficient (Wildman–Crippen LogP) is -1.67. The first-order chi connectivity index (χ1) is 5.20. The molecule has 0 radical (unpaired) electrons. The first-order valence-electron chi connectivity index (χ1n) is 3.10. The molecule has 0 spiro atoms. The summed E-state index contributed by atoms with van der Waals surface area (Å²) in [6.07, 6.45) is 0. The van der Waals surface area contributed by atoms with E-state index in [1.807, 2.05) is 0 Å². The van der Waals surface area contributed by atoms with Gasteiger partial charge in [-0.15, -0.1) is 0 Å². The number of carbonyl (C=O) groups excluding carboxylic acids is 2. The van der Waals surface area contributed by atoms with Crippen LogP contribution in [0, 0.1) is 0 Å². The van der Waals surface area contributed by atoms with E-state index in [0.29, 0.717) is 0 Å². The van der Waals surface area contributed by atoms with E-state index in [-0.39, 0.29) is 6.54 Å². The number of carbonyl (C=O) groups is 2. The molecule has 6 heteroatoms. The van der Waals surface area contributed by atoms with Crippen LogP contribution in [0.1, 0.15) is 0 Å². The molecule has 1 saturated heterocycles. The fourth-order valence-electron chi connectivity index (χ4n) is 0.855. The summed E-state index contributed by atoms with van der Waals surface area (Å²) in [5.41, 5.74) is 2.52. The molecule has 0 aromatic rings. The van der Waals surface area contributed by atoms with Crippen LogP contribution in [0.2, 0.25) is 0 Å². The Kier molecular flexibility index (Phi) is 2.06. The number of nitrogens with one attached hydrogen (secondary N) is 1. The van der Waals surface area contributed by atoms with Crippen molar-refractivity contribution < 1.29 is 14.7 Å². The first-order valence-corrected chi connectivity index (χ1v) is 3.10. The first kappa shape index (κ1) is 7.96. The number of aliphatic hydroxyl groups excluding tert-OH is 1. The van der Waals surface area contributed by atoms with Gasteiger partial charge in [-0.25, -0.2) is 20.1 Å². The maximum atomic E-state index is 11.0. The molecule has 0 aromatic heterocycles. The molecular weight excluding hydrogens is 150 g/mol. The maximum Gasteiger partial charge on any atom is 0.343 e. The zero-order chi connectivity index (χ0) is 8.43. The van der Waals surface area contributed by atoms with Gasteiger partial charge in [0.25, 0.3) is 5.91 Å². The molecule has 0 saturated carbocycles. The van der Waals surface area contributed by atoms with Crippen molar-refractivity contribution in [2.75, 3.05) is 20.3 Å². The molecule has 62 valence electrons.